The van der Waals surface area contributed by atoms with Crippen LogP contribution >= 0.6 is 0 Å². The molecule has 5 heteroatoms. The van der Waals surface area contributed by atoms with Gasteiger partial charge in [0.2, 0.25) is 5.91 Å². The zero-order chi connectivity index (χ0) is 16.8. The second-order valence-electron chi connectivity index (χ2n) is 5.76. The quantitative estimate of drug-likeness (QED) is 0.573. The van der Waals surface area contributed by atoms with Crippen molar-refractivity contribution in [3.63, 3.8) is 0 Å². The Morgan fingerprint density at radius 3 is 2.57 bits per heavy atom. The SMILES string of the molecule is CCOC(=O)C(C)CN(C(=O)/C=C/c1ccc(F)cc1)C1CC1. The van der Waals surface area contributed by atoms with Crippen molar-refractivity contribution in [2.45, 2.75) is 32.7 Å². The minimum atomic E-state index is -0.348. The van der Waals surface area contributed by atoms with Crippen LogP contribution in [0.3, 0.4) is 0 Å². The molecule has 1 aliphatic rings. The van der Waals surface area contributed by atoms with Gasteiger partial charge in [0.1, 0.15) is 5.82 Å². The molecule has 23 heavy (non-hydrogen) atoms. The smallest absolute Gasteiger partial charge is 0.310 e. The summed E-state index contributed by atoms with van der Waals surface area (Å²) in [5.41, 5.74) is 0.758. The van der Waals surface area contributed by atoms with Gasteiger partial charge in [-0.25, -0.2) is 4.39 Å². The van der Waals surface area contributed by atoms with E-state index in [1.807, 2.05) is 0 Å². The Hall–Kier alpha value is -2.17. The molecule has 1 amide bonds. The van der Waals surface area contributed by atoms with Crippen molar-refractivity contribution in [3.8, 4) is 0 Å². The van der Waals surface area contributed by atoms with Crippen LogP contribution in [0.25, 0.3) is 6.08 Å². The Morgan fingerprint density at radius 1 is 1.35 bits per heavy atom. The minimum Gasteiger partial charge on any atom is -0.466 e. The molecule has 1 aliphatic carbocycles. The van der Waals surface area contributed by atoms with Crippen molar-refractivity contribution >= 4 is 18.0 Å². The summed E-state index contributed by atoms with van der Waals surface area (Å²) in [5.74, 6) is -1.07. The first-order chi connectivity index (χ1) is 11.0. The molecule has 0 aromatic heterocycles. The van der Waals surface area contributed by atoms with Gasteiger partial charge in [-0.1, -0.05) is 19.1 Å². The largest absolute Gasteiger partial charge is 0.466 e. The highest BCUT2D eigenvalue weighted by Gasteiger charge is 2.33. The van der Waals surface area contributed by atoms with Crippen LogP contribution in [0.4, 0.5) is 4.39 Å². The topological polar surface area (TPSA) is 46.6 Å². The van der Waals surface area contributed by atoms with Gasteiger partial charge in [0.15, 0.2) is 0 Å². The molecule has 0 N–H and O–H groups in total. The lowest BCUT2D eigenvalue weighted by molar-refractivity contribution is -0.148. The highest BCUT2D eigenvalue weighted by Crippen LogP contribution is 2.28. The molecular weight excluding hydrogens is 297 g/mol. The van der Waals surface area contributed by atoms with E-state index in [9.17, 15) is 14.0 Å². The molecule has 1 saturated carbocycles. The summed E-state index contributed by atoms with van der Waals surface area (Å²) in [7, 11) is 0. The number of benzene rings is 1. The fourth-order valence-electron chi connectivity index (χ4n) is 2.30. The third-order valence-corrected chi connectivity index (χ3v) is 3.72. The van der Waals surface area contributed by atoms with Crippen LogP contribution in [-0.4, -0.2) is 36.0 Å². The van der Waals surface area contributed by atoms with Gasteiger partial charge in [0.05, 0.1) is 12.5 Å². The number of nitrogens with zero attached hydrogens (tertiary/aromatic N) is 1. The lowest BCUT2D eigenvalue weighted by Crippen LogP contribution is -2.38. The van der Waals surface area contributed by atoms with Crippen LogP contribution in [0.1, 0.15) is 32.3 Å². The molecule has 0 aliphatic heterocycles. The third kappa shape index (κ3) is 5.20. The molecule has 0 saturated heterocycles. The summed E-state index contributed by atoms with van der Waals surface area (Å²) in [6.45, 7) is 4.23. The highest BCUT2D eigenvalue weighted by atomic mass is 19.1. The molecule has 2 rings (SSSR count). The van der Waals surface area contributed by atoms with Gasteiger partial charge in [0, 0.05) is 18.7 Å². The summed E-state index contributed by atoms with van der Waals surface area (Å²) in [4.78, 5) is 25.9. The van der Waals surface area contributed by atoms with Crippen molar-refractivity contribution in [3.05, 3.63) is 41.7 Å². The van der Waals surface area contributed by atoms with E-state index in [0.29, 0.717) is 13.2 Å². The summed E-state index contributed by atoms with van der Waals surface area (Å²) < 4.78 is 17.9. The third-order valence-electron chi connectivity index (χ3n) is 3.72. The van der Waals surface area contributed by atoms with E-state index in [1.54, 1.807) is 37.0 Å². The number of amides is 1. The molecule has 0 heterocycles. The first-order valence-corrected chi connectivity index (χ1v) is 7.92. The van der Waals surface area contributed by atoms with Crippen molar-refractivity contribution in [1.82, 2.24) is 4.90 Å². The zero-order valence-electron chi connectivity index (χ0n) is 13.5. The molecule has 4 nitrogen and oxygen atoms in total. The van der Waals surface area contributed by atoms with Gasteiger partial charge in [-0.15, -0.1) is 0 Å². The number of carbonyl (C=O) groups excluding carboxylic acids is 2. The normalized spacial score (nSPS) is 15.4. The van der Waals surface area contributed by atoms with E-state index >= 15 is 0 Å². The lowest BCUT2D eigenvalue weighted by Gasteiger charge is -2.23. The van der Waals surface area contributed by atoms with Gasteiger partial charge >= 0.3 is 5.97 Å². The zero-order valence-corrected chi connectivity index (χ0v) is 13.5. The van der Waals surface area contributed by atoms with E-state index in [2.05, 4.69) is 0 Å². The van der Waals surface area contributed by atoms with Crippen LogP contribution in [0.2, 0.25) is 0 Å². The van der Waals surface area contributed by atoms with Crippen molar-refractivity contribution in [2.24, 2.45) is 5.92 Å². The maximum Gasteiger partial charge on any atom is 0.310 e. The number of hydrogen-bond acceptors (Lipinski definition) is 3. The van der Waals surface area contributed by atoms with Gasteiger partial charge < -0.3 is 9.64 Å². The number of halogens is 1. The van der Waals surface area contributed by atoms with E-state index in [1.165, 1.54) is 18.2 Å². The van der Waals surface area contributed by atoms with Gasteiger partial charge in [-0.2, -0.15) is 0 Å². The molecule has 1 aromatic carbocycles. The summed E-state index contributed by atoms with van der Waals surface area (Å²) in [6, 6.07) is 6.14. The van der Waals surface area contributed by atoms with Crippen molar-refractivity contribution in [1.29, 1.82) is 0 Å². The average Bonchev–Trinajstić information content (AvgIpc) is 3.36. The number of esters is 1. The first-order valence-electron chi connectivity index (χ1n) is 7.92. The van der Waals surface area contributed by atoms with Crippen molar-refractivity contribution < 1.29 is 18.7 Å². The van der Waals surface area contributed by atoms with Gasteiger partial charge in [-0.3, -0.25) is 9.59 Å². The van der Waals surface area contributed by atoms with E-state index in [4.69, 9.17) is 4.74 Å². The fourth-order valence-corrected chi connectivity index (χ4v) is 2.30. The predicted octanol–water partition coefficient (Wildman–Crippen LogP) is 3.03. The van der Waals surface area contributed by atoms with Crippen LogP contribution in [-0.2, 0) is 14.3 Å². The van der Waals surface area contributed by atoms with Gasteiger partial charge in [-0.05, 0) is 43.5 Å². The first kappa shape index (κ1) is 17.2. The molecule has 0 bridgehead atoms. The Labute approximate surface area is 135 Å². The molecule has 1 atom stereocenters. The summed E-state index contributed by atoms with van der Waals surface area (Å²) >= 11 is 0. The van der Waals surface area contributed by atoms with Crippen LogP contribution < -0.4 is 0 Å². The molecule has 124 valence electrons. The van der Waals surface area contributed by atoms with Crippen LogP contribution in [0.5, 0.6) is 0 Å². The maximum absolute atomic E-state index is 12.9. The molecular formula is C18H22FNO3. The molecule has 0 radical (unpaired) electrons. The number of rotatable bonds is 7. The van der Waals surface area contributed by atoms with E-state index in [0.717, 1.165) is 18.4 Å². The number of hydrogen-bond donors (Lipinski definition) is 0. The average molecular weight is 319 g/mol. The molecule has 0 spiro atoms. The second-order valence-corrected chi connectivity index (χ2v) is 5.76. The molecule has 1 aromatic rings. The van der Waals surface area contributed by atoms with Crippen molar-refractivity contribution in [2.75, 3.05) is 13.2 Å². The minimum absolute atomic E-state index is 0.132. The Kier molecular flexibility index (Phi) is 5.90. The highest BCUT2D eigenvalue weighted by molar-refractivity contribution is 5.92. The summed E-state index contributed by atoms with van der Waals surface area (Å²) in [5, 5.41) is 0. The Bertz CT molecular complexity index is 578. The number of carbonyl (C=O) groups is 2. The predicted molar refractivity (Wildman–Crippen MR) is 86.0 cm³/mol. The monoisotopic (exact) mass is 319 g/mol. The Morgan fingerprint density at radius 2 is 2.00 bits per heavy atom. The van der Waals surface area contributed by atoms with E-state index in [-0.39, 0.29) is 29.7 Å². The van der Waals surface area contributed by atoms with Gasteiger partial charge in [0.25, 0.3) is 0 Å². The molecule has 1 unspecified atom stereocenters. The van der Waals surface area contributed by atoms with Crippen LogP contribution in [0.15, 0.2) is 30.3 Å². The maximum atomic E-state index is 12.9. The standard InChI is InChI=1S/C18H22FNO3/c1-3-23-18(22)13(2)12-20(16-9-10-16)17(21)11-6-14-4-7-15(19)8-5-14/h4-8,11,13,16H,3,9-10,12H2,1-2H3/b11-6+. The van der Waals surface area contributed by atoms with Crippen LogP contribution in [0, 0.1) is 11.7 Å². The number of ether oxygens (including phenoxy) is 1. The lowest BCUT2D eigenvalue weighted by atomic mass is 10.1. The molecule has 1 fully saturated rings. The Balaban J connectivity index is 1.98. The summed E-state index contributed by atoms with van der Waals surface area (Å²) in [6.07, 6.45) is 5.06. The second kappa shape index (κ2) is 7.90. The van der Waals surface area contributed by atoms with E-state index < -0.39 is 0 Å². The fraction of sp³-hybridized carbons (Fsp3) is 0.444.